The maximum atomic E-state index is 14.1. The Labute approximate surface area is 205 Å². The fraction of sp³-hybridized carbons (Fsp3) is 0.429. The largest absolute Gasteiger partial charge is 0.454 e. The number of benzene rings is 2. The van der Waals surface area contributed by atoms with Gasteiger partial charge in [0, 0.05) is 28.7 Å². The number of rotatable bonds is 3. The first-order valence-electron chi connectivity index (χ1n) is 12.7. The summed E-state index contributed by atoms with van der Waals surface area (Å²) in [6.07, 6.45) is 7.91. The van der Waals surface area contributed by atoms with E-state index < -0.39 is 5.54 Å². The summed E-state index contributed by atoms with van der Waals surface area (Å²) in [5, 5.41) is 4.33. The number of amides is 2. The van der Waals surface area contributed by atoms with Crippen LogP contribution >= 0.6 is 0 Å². The van der Waals surface area contributed by atoms with Crippen molar-refractivity contribution < 1.29 is 19.1 Å². The predicted octanol–water partition coefficient (Wildman–Crippen LogP) is 5.02. The lowest BCUT2D eigenvalue weighted by Gasteiger charge is -2.44. The summed E-state index contributed by atoms with van der Waals surface area (Å²) in [5.74, 6) is 0.927. The fourth-order valence-corrected chi connectivity index (χ4v) is 5.82. The van der Waals surface area contributed by atoms with Crippen LogP contribution in [0.5, 0.6) is 11.5 Å². The second kappa shape index (κ2) is 8.63. The molecule has 2 aliphatic heterocycles. The predicted molar refractivity (Wildman–Crippen MR) is 134 cm³/mol. The molecule has 0 bridgehead atoms. The smallest absolute Gasteiger partial charge is 0.275 e. The molecular formula is C28H31N3O4. The van der Waals surface area contributed by atoms with E-state index in [1.54, 1.807) is 11.0 Å². The molecule has 1 saturated carbocycles. The van der Waals surface area contributed by atoms with Crippen LogP contribution in [-0.2, 0) is 11.3 Å². The van der Waals surface area contributed by atoms with E-state index >= 15 is 0 Å². The zero-order valence-corrected chi connectivity index (χ0v) is 20.1. The first-order chi connectivity index (χ1) is 17.0. The van der Waals surface area contributed by atoms with Crippen LogP contribution in [0, 0.1) is 0 Å². The molecule has 0 unspecified atom stereocenters. The van der Waals surface area contributed by atoms with Crippen LogP contribution in [-0.4, -0.2) is 34.8 Å². The molecule has 3 aromatic rings. The van der Waals surface area contributed by atoms with E-state index in [0.717, 1.165) is 36.6 Å². The Bertz CT molecular complexity index is 1290. The van der Waals surface area contributed by atoms with Gasteiger partial charge in [-0.15, -0.1) is 0 Å². The Hall–Kier alpha value is -3.48. The summed E-state index contributed by atoms with van der Waals surface area (Å²) in [7, 11) is 0. The summed E-state index contributed by atoms with van der Waals surface area (Å²) in [6, 6.07) is 15.5. The van der Waals surface area contributed by atoms with Crippen LogP contribution in [0.3, 0.4) is 0 Å². The van der Waals surface area contributed by atoms with E-state index in [1.165, 1.54) is 19.3 Å². The molecule has 182 valence electrons. The van der Waals surface area contributed by atoms with Gasteiger partial charge in [0.05, 0.1) is 6.54 Å². The zero-order valence-electron chi connectivity index (χ0n) is 20.1. The van der Waals surface area contributed by atoms with Gasteiger partial charge in [0.25, 0.3) is 5.91 Å². The average Bonchev–Trinajstić information content (AvgIpc) is 3.45. The molecule has 35 heavy (non-hydrogen) atoms. The van der Waals surface area contributed by atoms with Crippen LogP contribution in [0.1, 0.15) is 62.4 Å². The molecule has 3 heterocycles. The van der Waals surface area contributed by atoms with Gasteiger partial charge in [-0.1, -0.05) is 50.3 Å². The van der Waals surface area contributed by atoms with Crippen molar-refractivity contribution in [3.05, 3.63) is 54.2 Å². The highest BCUT2D eigenvalue weighted by molar-refractivity contribution is 6.14. The lowest BCUT2D eigenvalue weighted by Crippen LogP contribution is -2.65. The van der Waals surface area contributed by atoms with E-state index in [1.807, 2.05) is 54.0 Å². The first kappa shape index (κ1) is 22.0. The minimum absolute atomic E-state index is 0.113. The van der Waals surface area contributed by atoms with Gasteiger partial charge in [0.15, 0.2) is 11.5 Å². The Morgan fingerprint density at radius 2 is 1.71 bits per heavy atom. The maximum absolute atomic E-state index is 14.1. The molecule has 1 fully saturated rings. The number of ether oxygens (including phenoxy) is 2. The molecule has 3 aliphatic rings. The highest BCUT2D eigenvalue weighted by Gasteiger charge is 2.49. The van der Waals surface area contributed by atoms with E-state index in [-0.39, 0.29) is 24.6 Å². The van der Waals surface area contributed by atoms with E-state index in [2.05, 4.69) is 5.32 Å². The molecule has 1 aliphatic carbocycles. The minimum Gasteiger partial charge on any atom is -0.454 e. The average molecular weight is 474 g/mol. The molecule has 2 aromatic carbocycles. The highest BCUT2D eigenvalue weighted by Crippen LogP contribution is 2.41. The summed E-state index contributed by atoms with van der Waals surface area (Å²) in [6.45, 7) is 2.40. The molecule has 7 heteroatoms. The van der Waals surface area contributed by atoms with Gasteiger partial charge in [-0.25, -0.2) is 0 Å². The Balaban J connectivity index is 1.42. The fourth-order valence-electron chi connectivity index (χ4n) is 5.82. The lowest BCUT2D eigenvalue weighted by atomic mass is 9.91. The number of carbonyl (C=O) groups is 2. The Morgan fingerprint density at radius 1 is 0.971 bits per heavy atom. The molecule has 6 rings (SSSR count). The third kappa shape index (κ3) is 3.74. The zero-order chi connectivity index (χ0) is 24.0. The first-order valence-corrected chi connectivity index (χ1v) is 12.7. The summed E-state index contributed by atoms with van der Waals surface area (Å²) in [4.78, 5) is 29.7. The number of hydrogen-bond acceptors (Lipinski definition) is 4. The maximum Gasteiger partial charge on any atom is 0.275 e. The van der Waals surface area contributed by atoms with Crippen molar-refractivity contribution in [2.45, 2.75) is 70.0 Å². The number of aromatic nitrogens is 1. The molecule has 0 saturated heterocycles. The molecule has 1 N–H and O–H groups in total. The minimum atomic E-state index is -1.11. The van der Waals surface area contributed by atoms with Gasteiger partial charge in [-0.2, -0.15) is 0 Å². The van der Waals surface area contributed by atoms with Crippen molar-refractivity contribution in [3.63, 3.8) is 0 Å². The van der Waals surface area contributed by atoms with Crippen molar-refractivity contribution in [2.24, 2.45) is 0 Å². The van der Waals surface area contributed by atoms with Gasteiger partial charge in [-0.05, 0) is 44.0 Å². The summed E-state index contributed by atoms with van der Waals surface area (Å²) < 4.78 is 13.1. The van der Waals surface area contributed by atoms with Crippen molar-refractivity contribution in [2.75, 3.05) is 11.7 Å². The van der Waals surface area contributed by atoms with E-state index in [4.69, 9.17) is 9.47 Å². The number of nitrogens with one attached hydrogen (secondary N) is 1. The Morgan fingerprint density at radius 3 is 2.54 bits per heavy atom. The van der Waals surface area contributed by atoms with Crippen LogP contribution in [0.2, 0.25) is 0 Å². The monoisotopic (exact) mass is 473 g/mol. The molecule has 2 amide bonds. The second-order valence-corrected chi connectivity index (χ2v) is 10.1. The van der Waals surface area contributed by atoms with Crippen LogP contribution in [0.4, 0.5) is 5.69 Å². The third-order valence-corrected chi connectivity index (χ3v) is 7.74. The second-order valence-electron chi connectivity index (χ2n) is 10.1. The van der Waals surface area contributed by atoms with Gasteiger partial charge in [-0.3, -0.25) is 14.5 Å². The van der Waals surface area contributed by atoms with Gasteiger partial charge in [0.1, 0.15) is 11.2 Å². The van der Waals surface area contributed by atoms with E-state index in [0.29, 0.717) is 29.4 Å². The number of carbonyl (C=O) groups excluding carboxylic acids is 2. The van der Waals surface area contributed by atoms with Gasteiger partial charge < -0.3 is 19.4 Å². The van der Waals surface area contributed by atoms with Gasteiger partial charge in [0.2, 0.25) is 12.7 Å². The molecular weight excluding hydrogens is 442 g/mol. The lowest BCUT2D eigenvalue weighted by molar-refractivity contribution is -0.127. The number of anilines is 1. The third-order valence-electron chi connectivity index (χ3n) is 7.74. The molecule has 1 aromatic heterocycles. The summed E-state index contributed by atoms with van der Waals surface area (Å²) >= 11 is 0. The van der Waals surface area contributed by atoms with Crippen molar-refractivity contribution in [1.82, 2.24) is 9.88 Å². The van der Waals surface area contributed by atoms with Crippen LogP contribution < -0.4 is 19.7 Å². The Kier molecular flexibility index (Phi) is 5.43. The van der Waals surface area contributed by atoms with Crippen LogP contribution in [0.15, 0.2) is 48.5 Å². The van der Waals surface area contributed by atoms with Crippen molar-refractivity contribution in [1.29, 1.82) is 0 Å². The van der Waals surface area contributed by atoms with Crippen LogP contribution in [0.25, 0.3) is 10.9 Å². The SMILES string of the molecule is C[C@@]1(C(=O)NC2CCCCCCC2)Cn2c(cc3ccccc32)C(=O)N1c1ccc2c(c1)OCO2. The normalized spacial score (nSPS) is 22.5. The number of para-hydroxylation sites is 1. The van der Waals surface area contributed by atoms with E-state index in [9.17, 15) is 9.59 Å². The number of nitrogens with zero attached hydrogens (tertiary/aromatic N) is 2. The van der Waals surface area contributed by atoms with Crippen molar-refractivity contribution >= 4 is 28.4 Å². The molecule has 0 spiro atoms. The summed E-state index contributed by atoms with van der Waals surface area (Å²) in [5.41, 5.74) is 1.07. The molecule has 1 atom stereocenters. The van der Waals surface area contributed by atoms with Crippen molar-refractivity contribution in [3.8, 4) is 11.5 Å². The van der Waals surface area contributed by atoms with Gasteiger partial charge >= 0.3 is 0 Å². The quantitative estimate of drug-likeness (QED) is 0.580. The molecule has 0 radical (unpaired) electrons. The molecule has 7 nitrogen and oxygen atoms in total. The standard InChI is InChI=1S/C28H31N3O4/c1-28(27(33)29-20-10-5-3-2-4-6-11-20)17-30-22-12-8-7-9-19(22)15-23(30)26(32)31(28)21-13-14-24-25(16-21)35-18-34-24/h7-9,12-16,20H,2-6,10-11,17-18H2,1H3,(H,29,33)/t28-/m0/s1. The topological polar surface area (TPSA) is 72.8 Å². The number of hydrogen-bond donors (Lipinski definition) is 1. The highest BCUT2D eigenvalue weighted by atomic mass is 16.7. The number of fused-ring (bicyclic) bond motifs is 4.